The van der Waals surface area contributed by atoms with Gasteiger partial charge in [0.15, 0.2) is 0 Å². The molecule has 0 aromatic carbocycles. The lowest BCUT2D eigenvalue weighted by molar-refractivity contribution is 0.0568. The number of rotatable bonds is 6. The van der Waals surface area contributed by atoms with Crippen LogP contribution in [-0.2, 0) is 4.74 Å². The Labute approximate surface area is 103 Å². The predicted molar refractivity (Wildman–Crippen MR) is 67.1 cm³/mol. The highest BCUT2D eigenvalue weighted by atomic mass is 79.9. The van der Waals surface area contributed by atoms with Crippen LogP contribution in [0.25, 0.3) is 0 Å². The van der Waals surface area contributed by atoms with Gasteiger partial charge in [-0.3, -0.25) is 0 Å². The lowest BCUT2D eigenvalue weighted by Crippen LogP contribution is -2.15. The predicted octanol–water partition coefficient (Wildman–Crippen LogP) is 3.33. The lowest BCUT2D eigenvalue weighted by Gasteiger charge is -2.13. The molecule has 1 atom stereocenters. The summed E-state index contributed by atoms with van der Waals surface area (Å²) >= 11 is 5.15. The van der Waals surface area contributed by atoms with Gasteiger partial charge in [-0.05, 0) is 34.3 Å². The summed E-state index contributed by atoms with van der Waals surface area (Å²) in [5, 5.41) is 2.07. The Morgan fingerprint density at radius 3 is 2.93 bits per heavy atom. The van der Waals surface area contributed by atoms with Crippen LogP contribution in [0.4, 0.5) is 0 Å². The molecule has 2 nitrogen and oxygen atoms in total. The molecule has 4 heteroatoms. The minimum Gasteiger partial charge on any atom is -0.371 e. The van der Waals surface area contributed by atoms with Gasteiger partial charge in [-0.2, -0.15) is 0 Å². The Balaban J connectivity index is 1.80. The molecule has 0 radical (unpaired) electrons. The molecule has 2 N–H and O–H groups in total. The van der Waals surface area contributed by atoms with Gasteiger partial charge in [-0.25, -0.2) is 0 Å². The van der Waals surface area contributed by atoms with Crippen LogP contribution in [0.15, 0.2) is 15.9 Å². The SMILES string of the molecule is NCC(OCCC1CC1)c1cc(Br)cs1. The van der Waals surface area contributed by atoms with E-state index < -0.39 is 0 Å². The van der Waals surface area contributed by atoms with Crippen LogP contribution in [0.1, 0.15) is 30.2 Å². The molecular formula is C11H16BrNOS. The minimum atomic E-state index is 0.0834. The Kier molecular flexibility index (Phi) is 4.20. The second-order valence-corrected chi connectivity index (χ2v) is 5.85. The van der Waals surface area contributed by atoms with Crippen molar-refractivity contribution in [2.45, 2.75) is 25.4 Å². The van der Waals surface area contributed by atoms with Gasteiger partial charge in [-0.15, -0.1) is 11.3 Å². The molecule has 1 aliphatic carbocycles. The zero-order valence-corrected chi connectivity index (χ0v) is 11.0. The highest BCUT2D eigenvalue weighted by Crippen LogP contribution is 2.33. The average molecular weight is 290 g/mol. The molecule has 0 amide bonds. The summed E-state index contributed by atoms with van der Waals surface area (Å²) in [7, 11) is 0. The summed E-state index contributed by atoms with van der Waals surface area (Å²) in [6, 6.07) is 2.10. The average Bonchev–Trinajstić information content (AvgIpc) is 2.96. The van der Waals surface area contributed by atoms with Crippen molar-refractivity contribution >= 4 is 27.3 Å². The normalized spacial score (nSPS) is 18.0. The van der Waals surface area contributed by atoms with Gasteiger partial charge in [0.05, 0.1) is 0 Å². The third-order valence-corrected chi connectivity index (χ3v) is 4.45. The molecule has 2 rings (SSSR count). The van der Waals surface area contributed by atoms with Gasteiger partial charge in [0.25, 0.3) is 0 Å². The van der Waals surface area contributed by atoms with Crippen molar-refractivity contribution in [1.29, 1.82) is 0 Å². The third-order valence-electron chi connectivity index (χ3n) is 2.66. The maximum absolute atomic E-state index is 5.81. The van der Waals surface area contributed by atoms with Crippen LogP contribution >= 0.6 is 27.3 Å². The Bertz CT molecular complexity index is 311. The molecule has 0 spiro atoms. The first-order valence-electron chi connectivity index (χ1n) is 5.35. The molecule has 0 aliphatic heterocycles. The smallest absolute Gasteiger partial charge is 0.104 e. The summed E-state index contributed by atoms with van der Waals surface area (Å²) in [6.07, 6.45) is 4.06. The van der Waals surface area contributed by atoms with Gasteiger partial charge in [0, 0.05) is 27.9 Å². The molecule has 1 saturated carbocycles. The monoisotopic (exact) mass is 289 g/mol. The molecule has 1 aliphatic rings. The second kappa shape index (κ2) is 5.43. The summed E-state index contributed by atoms with van der Waals surface area (Å²) < 4.78 is 6.92. The third kappa shape index (κ3) is 3.55. The highest BCUT2D eigenvalue weighted by Gasteiger charge is 2.21. The van der Waals surface area contributed by atoms with E-state index in [1.807, 2.05) is 0 Å². The quantitative estimate of drug-likeness (QED) is 0.872. The first-order valence-corrected chi connectivity index (χ1v) is 7.02. The second-order valence-electron chi connectivity index (χ2n) is 3.99. The molecular weight excluding hydrogens is 274 g/mol. The largest absolute Gasteiger partial charge is 0.371 e. The molecule has 1 unspecified atom stereocenters. The van der Waals surface area contributed by atoms with E-state index in [9.17, 15) is 0 Å². The fraction of sp³-hybridized carbons (Fsp3) is 0.636. The zero-order valence-electron chi connectivity index (χ0n) is 8.62. The van der Waals surface area contributed by atoms with Crippen molar-refractivity contribution in [1.82, 2.24) is 0 Å². The molecule has 84 valence electrons. The van der Waals surface area contributed by atoms with Crippen molar-refractivity contribution in [3.05, 3.63) is 20.8 Å². The van der Waals surface area contributed by atoms with E-state index in [0.717, 1.165) is 17.0 Å². The summed E-state index contributed by atoms with van der Waals surface area (Å²) in [4.78, 5) is 1.22. The van der Waals surface area contributed by atoms with E-state index >= 15 is 0 Å². The van der Waals surface area contributed by atoms with Crippen LogP contribution in [0.2, 0.25) is 0 Å². The van der Waals surface area contributed by atoms with E-state index in [4.69, 9.17) is 10.5 Å². The van der Waals surface area contributed by atoms with E-state index in [2.05, 4.69) is 27.4 Å². The minimum absolute atomic E-state index is 0.0834. The summed E-state index contributed by atoms with van der Waals surface area (Å²) in [5.74, 6) is 0.929. The van der Waals surface area contributed by atoms with Crippen molar-refractivity contribution in [2.75, 3.05) is 13.2 Å². The van der Waals surface area contributed by atoms with Gasteiger partial charge < -0.3 is 10.5 Å². The van der Waals surface area contributed by atoms with Gasteiger partial charge in [0.1, 0.15) is 6.10 Å². The number of hydrogen-bond acceptors (Lipinski definition) is 3. The van der Waals surface area contributed by atoms with Gasteiger partial charge in [-0.1, -0.05) is 12.8 Å². The first kappa shape index (κ1) is 11.6. The number of halogens is 1. The fourth-order valence-corrected chi connectivity index (χ4v) is 3.05. The van der Waals surface area contributed by atoms with E-state index in [-0.39, 0.29) is 6.10 Å². The maximum Gasteiger partial charge on any atom is 0.104 e. The van der Waals surface area contributed by atoms with Crippen LogP contribution in [0, 0.1) is 5.92 Å². The van der Waals surface area contributed by atoms with Crippen molar-refractivity contribution in [2.24, 2.45) is 11.7 Å². The lowest BCUT2D eigenvalue weighted by atomic mass is 10.3. The molecule has 1 fully saturated rings. The highest BCUT2D eigenvalue weighted by molar-refractivity contribution is 9.10. The Hall–Kier alpha value is 0.1000. The first-order chi connectivity index (χ1) is 7.29. The van der Waals surface area contributed by atoms with Crippen molar-refractivity contribution in [3.8, 4) is 0 Å². The molecule has 1 aromatic heterocycles. The molecule has 0 saturated heterocycles. The molecule has 0 bridgehead atoms. The fourth-order valence-electron chi connectivity index (χ4n) is 1.55. The number of ether oxygens (including phenoxy) is 1. The van der Waals surface area contributed by atoms with Crippen LogP contribution in [0.5, 0.6) is 0 Å². The summed E-state index contributed by atoms with van der Waals surface area (Å²) in [5.41, 5.74) is 5.71. The zero-order chi connectivity index (χ0) is 10.7. The Morgan fingerprint density at radius 2 is 2.40 bits per heavy atom. The number of hydrogen-bond donors (Lipinski definition) is 1. The standard InChI is InChI=1S/C11H16BrNOS/c12-9-5-11(15-7-9)10(6-13)14-4-3-8-1-2-8/h5,7-8,10H,1-4,6,13H2. The topological polar surface area (TPSA) is 35.2 Å². The number of nitrogens with two attached hydrogens (primary N) is 1. The van der Waals surface area contributed by atoms with Gasteiger partial charge >= 0.3 is 0 Å². The molecule has 1 heterocycles. The van der Waals surface area contributed by atoms with Crippen LogP contribution in [-0.4, -0.2) is 13.2 Å². The Morgan fingerprint density at radius 1 is 1.60 bits per heavy atom. The van der Waals surface area contributed by atoms with Crippen molar-refractivity contribution in [3.63, 3.8) is 0 Å². The molecule has 1 aromatic rings. The summed E-state index contributed by atoms with van der Waals surface area (Å²) in [6.45, 7) is 1.42. The van der Waals surface area contributed by atoms with Crippen molar-refractivity contribution < 1.29 is 4.74 Å². The van der Waals surface area contributed by atoms with E-state index in [0.29, 0.717) is 6.54 Å². The van der Waals surface area contributed by atoms with Gasteiger partial charge in [0.2, 0.25) is 0 Å². The van der Waals surface area contributed by atoms with Crippen LogP contribution in [0.3, 0.4) is 0 Å². The number of thiophene rings is 1. The maximum atomic E-state index is 5.81. The van der Waals surface area contributed by atoms with E-state index in [1.165, 1.54) is 24.1 Å². The molecule has 15 heavy (non-hydrogen) atoms. The van der Waals surface area contributed by atoms with E-state index in [1.54, 1.807) is 11.3 Å². The van der Waals surface area contributed by atoms with Crippen LogP contribution < -0.4 is 5.73 Å².